The van der Waals surface area contributed by atoms with Crippen LogP contribution < -0.4 is 0 Å². The summed E-state index contributed by atoms with van der Waals surface area (Å²) < 4.78 is 77.6. The van der Waals surface area contributed by atoms with Crippen LogP contribution >= 0.6 is 0 Å². The number of carbonyl (C=O) groups is 1. The molecule has 0 spiro atoms. The second-order valence-corrected chi connectivity index (χ2v) is 4.90. The first-order valence-electron chi connectivity index (χ1n) is 6.31. The van der Waals surface area contributed by atoms with E-state index in [1.165, 1.54) is 6.92 Å². The Kier molecular flexibility index (Phi) is 4.29. The SMILES string of the molecule is Cc1c(C(=O)O)nnn1Cc1cc(C(F)(F)F)cc(C(F)(F)F)c1. The van der Waals surface area contributed by atoms with Crippen LogP contribution in [0.3, 0.4) is 0 Å². The van der Waals surface area contributed by atoms with Gasteiger partial charge in [0.2, 0.25) is 0 Å². The lowest BCUT2D eigenvalue weighted by atomic mass is 10.0. The maximum Gasteiger partial charge on any atom is 0.416 e. The van der Waals surface area contributed by atoms with Crippen LogP contribution in [0, 0.1) is 6.92 Å². The molecule has 130 valence electrons. The average molecular weight is 353 g/mol. The molecule has 0 atom stereocenters. The molecule has 0 unspecified atom stereocenters. The minimum Gasteiger partial charge on any atom is -0.476 e. The Balaban J connectivity index is 2.48. The van der Waals surface area contributed by atoms with Crippen LogP contribution in [-0.2, 0) is 18.9 Å². The van der Waals surface area contributed by atoms with E-state index in [1.54, 1.807) is 0 Å². The number of carboxylic acid groups (broad SMARTS) is 1. The Bertz CT molecular complexity index is 747. The Hall–Kier alpha value is -2.59. The molecule has 2 rings (SSSR count). The molecule has 0 radical (unpaired) electrons. The lowest BCUT2D eigenvalue weighted by molar-refractivity contribution is -0.143. The topological polar surface area (TPSA) is 68.0 Å². The van der Waals surface area contributed by atoms with E-state index >= 15 is 0 Å². The van der Waals surface area contributed by atoms with Crippen molar-refractivity contribution in [2.45, 2.75) is 25.8 Å². The molecule has 0 aliphatic rings. The first-order valence-corrected chi connectivity index (χ1v) is 6.31. The summed E-state index contributed by atoms with van der Waals surface area (Å²) in [5.41, 5.74) is -3.67. The van der Waals surface area contributed by atoms with Crippen molar-refractivity contribution in [2.75, 3.05) is 0 Å². The minimum absolute atomic E-state index is 0.00784. The van der Waals surface area contributed by atoms with Crippen LogP contribution in [0.15, 0.2) is 18.2 Å². The number of aromatic carboxylic acids is 1. The van der Waals surface area contributed by atoms with Crippen molar-refractivity contribution >= 4 is 5.97 Å². The maximum atomic E-state index is 12.8. The molecule has 24 heavy (non-hydrogen) atoms. The fourth-order valence-corrected chi connectivity index (χ4v) is 1.99. The van der Waals surface area contributed by atoms with E-state index in [9.17, 15) is 31.1 Å². The molecule has 0 amide bonds. The van der Waals surface area contributed by atoms with Crippen LogP contribution in [0.2, 0.25) is 0 Å². The third kappa shape index (κ3) is 3.66. The van der Waals surface area contributed by atoms with E-state index in [-0.39, 0.29) is 17.3 Å². The highest BCUT2D eigenvalue weighted by Gasteiger charge is 2.37. The summed E-state index contributed by atoms with van der Waals surface area (Å²) in [6.07, 6.45) is -9.92. The number of alkyl halides is 6. The van der Waals surface area contributed by atoms with Crippen molar-refractivity contribution < 1.29 is 36.2 Å². The summed E-state index contributed by atoms with van der Waals surface area (Å²) in [5.74, 6) is -1.40. The van der Waals surface area contributed by atoms with Gasteiger partial charge in [-0.2, -0.15) is 26.3 Å². The lowest BCUT2D eigenvalue weighted by Gasteiger charge is -2.14. The summed E-state index contributed by atoms with van der Waals surface area (Å²) in [4.78, 5) is 10.8. The molecule has 0 bridgehead atoms. The number of aromatic nitrogens is 3. The highest BCUT2D eigenvalue weighted by atomic mass is 19.4. The first-order chi connectivity index (χ1) is 10.9. The van der Waals surface area contributed by atoms with Crippen LogP contribution in [0.25, 0.3) is 0 Å². The predicted octanol–water partition coefficient (Wildman–Crippen LogP) is 3.37. The van der Waals surface area contributed by atoms with Gasteiger partial charge in [0.25, 0.3) is 0 Å². The van der Waals surface area contributed by atoms with Gasteiger partial charge in [0.1, 0.15) is 0 Å². The second kappa shape index (κ2) is 5.80. The van der Waals surface area contributed by atoms with Crippen molar-refractivity contribution in [3.05, 3.63) is 46.3 Å². The minimum atomic E-state index is -4.96. The molecule has 0 saturated heterocycles. The summed E-state index contributed by atoms with van der Waals surface area (Å²) in [5, 5.41) is 15.6. The maximum absolute atomic E-state index is 12.8. The number of rotatable bonds is 3. The molecule has 0 fully saturated rings. The predicted molar refractivity (Wildman–Crippen MR) is 67.3 cm³/mol. The molecule has 1 aromatic heterocycles. The van der Waals surface area contributed by atoms with Gasteiger partial charge in [-0.1, -0.05) is 5.21 Å². The number of hydrogen-bond acceptors (Lipinski definition) is 3. The van der Waals surface area contributed by atoms with E-state index in [2.05, 4.69) is 10.3 Å². The number of hydrogen-bond donors (Lipinski definition) is 1. The number of carboxylic acids is 1. The van der Waals surface area contributed by atoms with Gasteiger partial charge in [-0.25, -0.2) is 9.48 Å². The monoisotopic (exact) mass is 353 g/mol. The van der Waals surface area contributed by atoms with Gasteiger partial charge in [-0.3, -0.25) is 0 Å². The van der Waals surface area contributed by atoms with Crippen molar-refractivity contribution in [3.8, 4) is 0 Å². The van der Waals surface area contributed by atoms with E-state index < -0.39 is 41.7 Å². The molecular formula is C13H9F6N3O2. The smallest absolute Gasteiger partial charge is 0.416 e. The van der Waals surface area contributed by atoms with E-state index in [1.807, 2.05) is 0 Å². The van der Waals surface area contributed by atoms with Crippen molar-refractivity contribution in [2.24, 2.45) is 0 Å². The third-order valence-electron chi connectivity index (χ3n) is 3.16. The zero-order valence-electron chi connectivity index (χ0n) is 11.9. The van der Waals surface area contributed by atoms with E-state index in [4.69, 9.17) is 5.11 Å². The van der Waals surface area contributed by atoms with Crippen molar-refractivity contribution in [1.29, 1.82) is 0 Å². The molecular weight excluding hydrogens is 344 g/mol. The zero-order chi connectivity index (χ0) is 18.3. The molecule has 11 heteroatoms. The van der Waals surface area contributed by atoms with Crippen molar-refractivity contribution in [3.63, 3.8) is 0 Å². The van der Waals surface area contributed by atoms with Crippen LogP contribution in [0.5, 0.6) is 0 Å². The quantitative estimate of drug-likeness (QED) is 0.859. The Labute approximate surface area is 130 Å². The van der Waals surface area contributed by atoms with E-state index in [0.717, 1.165) is 4.68 Å². The normalized spacial score (nSPS) is 12.5. The second-order valence-electron chi connectivity index (χ2n) is 4.90. The lowest BCUT2D eigenvalue weighted by Crippen LogP contribution is -2.13. The van der Waals surface area contributed by atoms with Gasteiger partial charge in [0.05, 0.1) is 23.4 Å². The van der Waals surface area contributed by atoms with E-state index in [0.29, 0.717) is 12.1 Å². The number of nitrogens with zero attached hydrogens (tertiary/aromatic N) is 3. The largest absolute Gasteiger partial charge is 0.476 e. The first kappa shape index (κ1) is 17.8. The highest BCUT2D eigenvalue weighted by Crippen LogP contribution is 2.36. The molecule has 1 heterocycles. The average Bonchev–Trinajstić information content (AvgIpc) is 2.78. The molecule has 2 aromatic rings. The Morgan fingerprint density at radius 3 is 1.96 bits per heavy atom. The summed E-state index contributed by atoms with van der Waals surface area (Å²) in [6.45, 7) is 0.806. The highest BCUT2D eigenvalue weighted by molar-refractivity contribution is 5.86. The van der Waals surface area contributed by atoms with Crippen LogP contribution in [0.4, 0.5) is 26.3 Å². The Morgan fingerprint density at radius 2 is 1.58 bits per heavy atom. The Morgan fingerprint density at radius 1 is 1.08 bits per heavy atom. The van der Waals surface area contributed by atoms with Gasteiger partial charge in [0, 0.05) is 0 Å². The molecule has 0 aliphatic heterocycles. The standard InChI is InChI=1S/C13H9F6N3O2/c1-6-10(11(23)24)20-21-22(6)5-7-2-8(12(14,15)16)4-9(3-7)13(17,18)19/h2-4H,5H2,1H3,(H,23,24). The van der Waals surface area contributed by atoms with Crippen LogP contribution in [0.1, 0.15) is 32.9 Å². The third-order valence-corrected chi connectivity index (χ3v) is 3.16. The fraction of sp³-hybridized carbons (Fsp3) is 0.308. The number of benzene rings is 1. The van der Waals surface area contributed by atoms with Gasteiger partial charge in [-0.05, 0) is 30.7 Å². The van der Waals surface area contributed by atoms with Gasteiger partial charge >= 0.3 is 18.3 Å². The number of halogens is 6. The summed E-state index contributed by atoms with van der Waals surface area (Å²) >= 11 is 0. The van der Waals surface area contributed by atoms with Crippen LogP contribution in [-0.4, -0.2) is 26.1 Å². The molecule has 1 N–H and O–H groups in total. The fourth-order valence-electron chi connectivity index (χ4n) is 1.99. The van der Waals surface area contributed by atoms with Gasteiger partial charge < -0.3 is 5.11 Å². The molecule has 0 aliphatic carbocycles. The van der Waals surface area contributed by atoms with Crippen molar-refractivity contribution in [1.82, 2.24) is 15.0 Å². The molecule has 1 aromatic carbocycles. The van der Waals surface area contributed by atoms with Gasteiger partial charge in [0.15, 0.2) is 5.69 Å². The van der Waals surface area contributed by atoms with Gasteiger partial charge in [-0.15, -0.1) is 5.10 Å². The summed E-state index contributed by atoms with van der Waals surface area (Å²) in [6, 6.07) is 1.12. The summed E-state index contributed by atoms with van der Waals surface area (Å²) in [7, 11) is 0. The zero-order valence-corrected chi connectivity index (χ0v) is 11.9. The molecule has 5 nitrogen and oxygen atoms in total. The molecule has 0 saturated carbocycles.